The van der Waals surface area contributed by atoms with Crippen molar-refractivity contribution < 1.29 is 22.7 Å². The van der Waals surface area contributed by atoms with Crippen LogP contribution in [0.5, 0.6) is 5.75 Å². The van der Waals surface area contributed by atoms with Crippen LogP contribution in [-0.2, 0) is 14.8 Å². The van der Waals surface area contributed by atoms with Gasteiger partial charge in [0.15, 0.2) is 0 Å². The third kappa shape index (κ3) is 4.97. The zero-order valence-electron chi connectivity index (χ0n) is 13.0. The molecule has 1 aromatic rings. The van der Waals surface area contributed by atoms with Gasteiger partial charge in [-0.25, -0.2) is 17.9 Å². The molecule has 124 valence electrons. The second-order valence-corrected chi connectivity index (χ2v) is 6.27. The van der Waals surface area contributed by atoms with Gasteiger partial charge in [-0.3, -0.25) is 0 Å². The Morgan fingerprint density at radius 2 is 1.91 bits per heavy atom. The monoisotopic (exact) mass is 330 g/mol. The van der Waals surface area contributed by atoms with Crippen LogP contribution in [0.4, 0.5) is 0 Å². The first-order valence-corrected chi connectivity index (χ1v) is 8.41. The summed E-state index contributed by atoms with van der Waals surface area (Å²) in [5.74, 6) is -0.395. The standard InChI is InChI=1S/C14H22N2O5S/c1-4-7-15-8-9-16-22(18,19)11-5-6-13(20-2)12(10-11)14(17)21-3/h5-6,10,15-16H,4,7-9H2,1-3H3. The summed E-state index contributed by atoms with van der Waals surface area (Å²) in [7, 11) is -1.07. The molecule has 0 aromatic heterocycles. The number of hydrogen-bond donors (Lipinski definition) is 2. The average Bonchev–Trinajstić information content (AvgIpc) is 2.53. The molecule has 0 aliphatic heterocycles. The van der Waals surface area contributed by atoms with Gasteiger partial charge in [-0.1, -0.05) is 6.92 Å². The zero-order chi connectivity index (χ0) is 16.6. The number of ether oxygens (including phenoxy) is 2. The smallest absolute Gasteiger partial charge is 0.341 e. The number of carbonyl (C=O) groups is 1. The molecule has 0 aliphatic carbocycles. The minimum absolute atomic E-state index is 0.0100. The van der Waals surface area contributed by atoms with E-state index in [1.807, 2.05) is 6.92 Å². The third-order valence-corrected chi connectivity index (χ3v) is 4.37. The number of nitrogens with one attached hydrogen (secondary N) is 2. The van der Waals surface area contributed by atoms with Crippen molar-refractivity contribution in [3.8, 4) is 5.75 Å². The number of benzene rings is 1. The summed E-state index contributed by atoms with van der Waals surface area (Å²) >= 11 is 0. The van der Waals surface area contributed by atoms with Crippen LogP contribution in [-0.4, -0.2) is 48.2 Å². The number of rotatable bonds is 9. The fourth-order valence-electron chi connectivity index (χ4n) is 1.78. The molecular weight excluding hydrogens is 308 g/mol. The molecule has 8 heteroatoms. The van der Waals surface area contributed by atoms with Gasteiger partial charge in [-0.15, -0.1) is 0 Å². The van der Waals surface area contributed by atoms with Crippen molar-refractivity contribution in [3.63, 3.8) is 0 Å². The zero-order valence-corrected chi connectivity index (χ0v) is 13.8. The Morgan fingerprint density at radius 1 is 1.18 bits per heavy atom. The van der Waals surface area contributed by atoms with Gasteiger partial charge in [0, 0.05) is 13.1 Å². The number of esters is 1. The molecule has 1 rings (SSSR count). The maximum Gasteiger partial charge on any atom is 0.341 e. The largest absolute Gasteiger partial charge is 0.496 e. The normalized spacial score (nSPS) is 11.2. The summed E-state index contributed by atoms with van der Waals surface area (Å²) in [6.07, 6.45) is 0.980. The van der Waals surface area contributed by atoms with E-state index in [2.05, 4.69) is 14.8 Å². The second-order valence-electron chi connectivity index (χ2n) is 4.50. The summed E-state index contributed by atoms with van der Waals surface area (Å²) in [5, 5.41) is 3.10. The van der Waals surface area contributed by atoms with Gasteiger partial charge < -0.3 is 14.8 Å². The summed E-state index contributed by atoms with van der Waals surface area (Å²) in [5.41, 5.74) is 0.0667. The van der Waals surface area contributed by atoms with Gasteiger partial charge in [-0.2, -0.15) is 0 Å². The van der Waals surface area contributed by atoms with E-state index in [4.69, 9.17) is 4.74 Å². The lowest BCUT2D eigenvalue weighted by atomic mass is 10.2. The molecule has 22 heavy (non-hydrogen) atoms. The first-order chi connectivity index (χ1) is 10.5. The lowest BCUT2D eigenvalue weighted by Crippen LogP contribution is -2.32. The molecule has 0 amide bonds. The Bertz CT molecular complexity index is 601. The Balaban J connectivity index is 2.88. The fraction of sp³-hybridized carbons (Fsp3) is 0.500. The highest BCUT2D eigenvalue weighted by molar-refractivity contribution is 7.89. The van der Waals surface area contributed by atoms with Gasteiger partial charge in [0.2, 0.25) is 10.0 Å². The minimum atomic E-state index is -3.69. The Hall–Kier alpha value is -1.64. The molecular formula is C14H22N2O5S. The van der Waals surface area contributed by atoms with Crippen LogP contribution in [0, 0.1) is 0 Å². The number of methoxy groups -OCH3 is 2. The molecule has 0 bridgehead atoms. The van der Waals surface area contributed by atoms with Gasteiger partial charge in [-0.05, 0) is 31.2 Å². The third-order valence-electron chi connectivity index (χ3n) is 2.91. The molecule has 0 spiro atoms. The van der Waals surface area contributed by atoms with Crippen LogP contribution < -0.4 is 14.8 Å². The van der Waals surface area contributed by atoms with Crippen LogP contribution in [0.1, 0.15) is 23.7 Å². The van der Waals surface area contributed by atoms with Crippen molar-refractivity contribution >= 4 is 16.0 Å². The first-order valence-electron chi connectivity index (χ1n) is 6.93. The fourth-order valence-corrected chi connectivity index (χ4v) is 2.84. The van der Waals surface area contributed by atoms with Crippen molar-refractivity contribution in [2.45, 2.75) is 18.2 Å². The topological polar surface area (TPSA) is 93.7 Å². The van der Waals surface area contributed by atoms with Crippen LogP contribution in [0.15, 0.2) is 23.1 Å². The van der Waals surface area contributed by atoms with Crippen molar-refractivity contribution in [2.75, 3.05) is 33.9 Å². The Morgan fingerprint density at radius 3 is 2.50 bits per heavy atom. The molecule has 2 N–H and O–H groups in total. The summed E-state index contributed by atoms with van der Waals surface area (Å²) in [4.78, 5) is 11.7. The van der Waals surface area contributed by atoms with Crippen LogP contribution in [0.2, 0.25) is 0 Å². The highest BCUT2D eigenvalue weighted by atomic mass is 32.2. The molecule has 0 radical (unpaired) electrons. The van der Waals surface area contributed by atoms with E-state index in [1.54, 1.807) is 0 Å². The predicted octanol–water partition coefficient (Wildman–Crippen LogP) is 0.760. The van der Waals surface area contributed by atoms with E-state index in [-0.39, 0.29) is 22.8 Å². The molecule has 1 aromatic carbocycles. The Kier molecular flexibility index (Phi) is 7.30. The molecule has 0 unspecified atom stereocenters. The van der Waals surface area contributed by atoms with E-state index in [9.17, 15) is 13.2 Å². The average molecular weight is 330 g/mol. The van der Waals surface area contributed by atoms with Gasteiger partial charge >= 0.3 is 5.97 Å². The van der Waals surface area contributed by atoms with Gasteiger partial charge in [0.1, 0.15) is 11.3 Å². The SMILES string of the molecule is CCCNCCNS(=O)(=O)c1ccc(OC)c(C(=O)OC)c1. The number of carbonyl (C=O) groups excluding carboxylic acids is 1. The highest BCUT2D eigenvalue weighted by Gasteiger charge is 2.19. The highest BCUT2D eigenvalue weighted by Crippen LogP contribution is 2.23. The van der Waals surface area contributed by atoms with Crippen LogP contribution >= 0.6 is 0 Å². The molecule has 0 fully saturated rings. The molecule has 7 nitrogen and oxygen atoms in total. The lowest BCUT2D eigenvalue weighted by Gasteiger charge is -2.11. The molecule has 0 saturated carbocycles. The maximum absolute atomic E-state index is 12.2. The van der Waals surface area contributed by atoms with E-state index < -0.39 is 16.0 Å². The number of sulfonamides is 1. The summed E-state index contributed by atoms with van der Waals surface area (Å²) in [6.45, 7) is 3.66. The van der Waals surface area contributed by atoms with Crippen LogP contribution in [0.3, 0.4) is 0 Å². The van der Waals surface area contributed by atoms with E-state index in [0.29, 0.717) is 6.54 Å². The van der Waals surface area contributed by atoms with Crippen molar-refractivity contribution in [3.05, 3.63) is 23.8 Å². The van der Waals surface area contributed by atoms with Crippen molar-refractivity contribution in [1.82, 2.24) is 10.0 Å². The van der Waals surface area contributed by atoms with Crippen molar-refractivity contribution in [1.29, 1.82) is 0 Å². The molecule has 0 atom stereocenters. The molecule has 0 aliphatic rings. The summed E-state index contributed by atoms with van der Waals surface area (Å²) < 4.78 is 36.5. The Labute approximate surface area is 131 Å². The maximum atomic E-state index is 12.2. The van der Waals surface area contributed by atoms with Crippen molar-refractivity contribution in [2.24, 2.45) is 0 Å². The first kappa shape index (κ1) is 18.4. The predicted molar refractivity (Wildman–Crippen MR) is 82.7 cm³/mol. The number of hydrogen-bond acceptors (Lipinski definition) is 6. The van der Waals surface area contributed by atoms with E-state index in [1.165, 1.54) is 32.4 Å². The van der Waals surface area contributed by atoms with Gasteiger partial charge in [0.05, 0.1) is 19.1 Å². The van der Waals surface area contributed by atoms with E-state index in [0.717, 1.165) is 13.0 Å². The molecule has 0 heterocycles. The van der Waals surface area contributed by atoms with Gasteiger partial charge in [0.25, 0.3) is 0 Å². The minimum Gasteiger partial charge on any atom is -0.496 e. The van der Waals surface area contributed by atoms with E-state index >= 15 is 0 Å². The van der Waals surface area contributed by atoms with Crippen LogP contribution in [0.25, 0.3) is 0 Å². The lowest BCUT2D eigenvalue weighted by molar-refractivity contribution is 0.0597. The molecule has 0 saturated heterocycles. The summed E-state index contributed by atoms with van der Waals surface area (Å²) in [6, 6.07) is 4.05. The quantitative estimate of drug-likeness (QED) is 0.513. The second kappa shape index (κ2) is 8.72.